The van der Waals surface area contributed by atoms with Crippen molar-refractivity contribution in [3.63, 3.8) is 0 Å². The Labute approximate surface area is 112 Å². The Morgan fingerprint density at radius 1 is 0.944 bits per heavy atom. The summed E-state index contributed by atoms with van der Waals surface area (Å²) < 4.78 is 5.25. The second-order valence-electron chi connectivity index (χ2n) is 5.22. The number of carbonyl (C=O) groups excluding carboxylic acids is 1. The van der Waals surface area contributed by atoms with E-state index in [1.807, 2.05) is 4.90 Å². The van der Waals surface area contributed by atoms with Crippen LogP contribution in [0.15, 0.2) is 0 Å². The average molecular weight is 255 g/mol. The third-order valence-electron chi connectivity index (χ3n) is 3.61. The molecule has 0 N–H and O–H groups in total. The molecule has 0 unspecified atom stereocenters. The van der Waals surface area contributed by atoms with E-state index < -0.39 is 0 Å². The molecule has 0 aliphatic carbocycles. The number of ether oxygens (including phenoxy) is 1. The van der Waals surface area contributed by atoms with Gasteiger partial charge in [-0.15, -0.1) is 0 Å². The van der Waals surface area contributed by atoms with E-state index in [1.165, 1.54) is 44.9 Å². The molecule has 0 aromatic heterocycles. The number of morpholine rings is 1. The molecule has 1 rings (SSSR count). The van der Waals surface area contributed by atoms with Gasteiger partial charge in [0.2, 0.25) is 5.91 Å². The summed E-state index contributed by atoms with van der Waals surface area (Å²) in [5.74, 6) is 0.323. The summed E-state index contributed by atoms with van der Waals surface area (Å²) in [5.41, 5.74) is 0. The van der Waals surface area contributed by atoms with Crippen molar-refractivity contribution < 1.29 is 9.53 Å². The van der Waals surface area contributed by atoms with Crippen LogP contribution in [0.25, 0.3) is 0 Å². The molecular formula is C15H29NO2. The summed E-state index contributed by atoms with van der Waals surface area (Å²) in [6.07, 6.45) is 11.1. The van der Waals surface area contributed by atoms with Crippen LogP contribution in [0.5, 0.6) is 0 Å². The van der Waals surface area contributed by atoms with Crippen molar-refractivity contribution in [2.75, 3.05) is 26.3 Å². The summed E-state index contributed by atoms with van der Waals surface area (Å²) in [7, 11) is 0. The number of unbranched alkanes of at least 4 members (excludes halogenated alkanes) is 7. The molecule has 0 bridgehead atoms. The highest BCUT2D eigenvalue weighted by molar-refractivity contribution is 5.76. The van der Waals surface area contributed by atoms with Crippen molar-refractivity contribution in [3.8, 4) is 0 Å². The van der Waals surface area contributed by atoms with Gasteiger partial charge in [0, 0.05) is 19.5 Å². The Balaban J connectivity index is 1.89. The van der Waals surface area contributed by atoms with Crippen LogP contribution in [0.4, 0.5) is 0 Å². The summed E-state index contributed by atoms with van der Waals surface area (Å²) in [6.45, 7) is 5.25. The molecule has 1 fully saturated rings. The van der Waals surface area contributed by atoms with E-state index in [-0.39, 0.29) is 0 Å². The first-order valence-corrected chi connectivity index (χ1v) is 7.70. The maximum Gasteiger partial charge on any atom is 0.222 e. The van der Waals surface area contributed by atoms with Crippen LogP contribution in [0, 0.1) is 0 Å². The third-order valence-corrected chi connectivity index (χ3v) is 3.61. The average Bonchev–Trinajstić information content (AvgIpc) is 2.42. The minimum atomic E-state index is 0.323. The number of hydrogen-bond acceptors (Lipinski definition) is 2. The molecule has 106 valence electrons. The SMILES string of the molecule is CCCCCCCCCCC(=O)N1CCOCC1. The lowest BCUT2D eigenvalue weighted by atomic mass is 10.1. The molecule has 1 saturated heterocycles. The lowest BCUT2D eigenvalue weighted by Gasteiger charge is -2.26. The number of amides is 1. The maximum atomic E-state index is 11.8. The second kappa shape index (κ2) is 10.4. The van der Waals surface area contributed by atoms with E-state index in [1.54, 1.807) is 0 Å². The predicted molar refractivity (Wildman–Crippen MR) is 74.6 cm³/mol. The standard InChI is InChI=1S/C15H29NO2/c1-2-3-4-5-6-7-8-9-10-15(17)16-11-13-18-14-12-16/h2-14H2,1H3. The van der Waals surface area contributed by atoms with Crippen LogP contribution < -0.4 is 0 Å². The lowest BCUT2D eigenvalue weighted by Crippen LogP contribution is -2.40. The van der Waals surface area contributed by atoms with Gasteiger partial charge in [-0.2, -0.15) is 0 Å². The van der Waals surface area contributed by atoms with Crippen molar-refractivity contribution in [1.29, 1.82) is 0 Å². The molecule has 0 atom stereocenters. The number of hydrogen-bond donors (Lipinski definition) is 0. The first-order chi connectivity index (χ1) is 8.84. The molecular weight excluding hydrogens is 226 g/mol. The van der Waals surface area contributed by atoms with Gasteiger partial charge in [0.05, 0.1) is 13.2 Å². The topological polar surface area (TPSA) is 29.5 Å². The molecule has 1 aliphatic rings. The van der Waals surface area contributed by atoms with E-state index in [0.717, 1.165) is 25.9 Å². The van der Waals surface area contributed by atoms with E-state index in [2.05, 4.69) is 6.92 Å². The normalized spacial score (nSPS) is 15.9. The van der Waals surface area contributed by atoms with Crippen molar-refractivity contribution in [2.45, 2.75) is 64.7 Å². The van der Waals surface area contributed by atoms with Gasteiger partial charge in [-0.3, -0.25) is 4.79 Å². The monoisotopic (exact) mass is 255 g/mol. The molecule has 0 aromatic rings. The van der Waals surface area contributed by atoms with Crippen molar-refractivity contribution in [1.82, 2.24) is 4.90 Å². The minimum Gasteiger partial charge on any atom is -0.378 e. The van der Waals surface area contributed by atoms with Gasteiger partial charge in [-0.1, -0.05) is 51.9 Å². The maximum absolute atomic E-state index is 11.8. The molecule has 0 radical (unpaired) electrons. The van der Waals surface area contributed by atoms with Gasteiger partial charge < -0.3 is 9.64 Å². The van der Waals surface area contributed by atoms with Crippen LogP contribution in [-0.4, -0.2) is 37.1 Å². The van der Waals surface area contributed by atoms with Crippen LogP contribution in [0.1, 0.15) is 64.7 Å². The number of carbonyl (C=O) groups is 1. The van der Waals surface area contributed by atoms with E-state index in [4.69, 9.17) is 4.74 Å². The van der Waals surface area contributed by atoms with Crippen molar-refractivity contribution in [2.24, 2.45) is 0 Å². The van der Waals surface area contributed by atoms with E-state index in [0.29, 0.717) is 19.1 Å². The minimum absolute atomic E-state index is 0.323. The highest BCUT2D eigenvalue weighted by Gasteiger charge is 2.15. The molecule has 0 spiro atoms. The van der Waals surface area contributed by atoms with Crippen LogP contribution in [0.2, 0.25) is 0 Å². The highest BCUT2D eigenvalue weighted by atomic mass is 16.5. The molecule has 0 aromatic carbocycles. The Kier molecular flexibility index (Phi) is 8.92. The first-order valence-electron chi connectivity index (χ1n) is 7.70. The Hall–Kier alpha value is -0.570. The Bertz CT molecular complexity index is 213. The van der Waals surface area contributed by atoms with E-state index in [9.17, 15) is 4.79 Å². The van der Waals surface area contributed by atoms with Gasteiger partial charge in [0.1, 0.15) is 0 Å². The Morgan fingerprint density at radius 3 is 2.11 bits per heavy atom. The quantitative estimate of drug-likeness (QED) is 0.591. The zero-order valence-electron chi connectivity index (χ0n) is 12.0. The molecule has 1 heterocycles. The molecule has 0 saturated carbocycles. The Morgan fingerprint density at radius 2 is 1.50 bits per heavy atom. The van der Waals surface area contributed by atoms with Gasteiger partial charge >= 0.3 is 0 Å². The summed E-state index contributed by atoms with van der Waals surface area (Å²) in [6, 6.07) is 0. The smallest absolute Gasteiger partial charge is 0.222 e. The predicted octanol–water partition coefficient (Wildman–Crippen LogP) is 3.38. The second-order valence-corrected chi connectivity index (χ2v) is 5.22. The summed E-state index contributed by atoms with van der Waals surface area (Å²) in [4.78, 5) is 13.8. The van der Waals surface area contributed by atoms with Crippen molar-refractivity contribution >= 4 is 5.91 Å². The fraction of sp³-hybridized carbons (Fsp3) is 0.933. The van der Waals surface area contributed by atoms with Gasteiger partial charge in [0.15, 0.2) is 0 Å². The molecule has 3 heteroatoms. The van der Waals surface area contributed by atoms with Gasteiger partial charge in [-0.05, 0) is 6.42 Å². The molecule has 18 heavy (non-hydrogen) atoms. The van der Waals surface area contributed by atoms with E-state index >= 15 is 0 Å². The van der Waals surface area contributed by atoms with Crippen LogP contribution >= 0.6 is 0 Å². The summed E-state index contributed by atoms with van der Waals surface area (Å²) >= 11 is 0. The van der Waals surface area contributed by atoms with Crippen LogP contribution in [0.3, 0.4) is 0 Å². The zero-order chi connectivity index (χ0) is 13.1. The zero-order valence-corrected chi connectivity index (χ0v) is 12.0. The number of nitrogens with zero attached hydrogens (tertiary/aromatic N) is 1. The highest BCUT2D eigenvalue weighted by Crippen LogP contribution is 2.10. The molecule has 3 nitrogen and oxygen atoms in total. The fourth-order valence-electron chi connectivity index (χ4n) is 2.38. The lowest BCUT2D eigenvalue weighted by molar-refractivity contribution is -0.135. The molecule has 1 aliphatic heterocycles. The van der Waals surface area contributed by atoms with Gasteiger partial charge in [-0.25, -0.2) is 0 Å². The fourth-order valence-corrected chi connectivity index (χ4v) is 2.38. The van der Waals surface area contributed by atoms with Gasteiger partial charge in [0.25, 0.3) is 0 Å². The van der Waals surface area contributed by atoms with Crippen molar-refractivity contribution in [3.05, 3.63) is 0 Å². The largest absolute Gasteiger partial charge is 0.378 e. The summed E-state index contributed by atoms with van der Waals surface area (Å²) in [5, 5.41) is 0. The number of rotatable bonds is 9. The third kappa shape index (κ3) is 7.00. The molecule has 1 amide bonds. The first kappa shape index (κ1) is 15.5. The van der Waals surface area contributed by atoms with Crippen LogP contribution in [-0.2, 0) is 9.53 Å².